The molecule has 2 N–H and O–H groups in total. The van der Waals surface area contributed by atoms with Gasteiger partial charge in [-0.2, -0.15) is 0 Å². The third-order valence-electron chi connectivity index (χ3n) is 4.26. The molecule has 98 valence electrons. The smallest absolute Gasteiger partial charge is 0.423 e. The quantitative estimate of drug-likeness (QED) is 0.801. The molecule has 0 spiro atoms. The molecule has 0 bridgehead atoms. The lowest BCUT2D eigenvalue weighted by atomic mass is 9.69. The maximum absolute atomic E-state index is 9.43. The molecule has 1 aromatic rings. The molecule has 0 saturated heterocycles. The summed E-state index contributed by atoms with van der Waals surface area (Å²) in [6.45, 7) is 2.25. The number of hydrogen-bond donors (Lipinski definition) is 2. The average molecular weight is 246 g/mol. The van der Waals surface area contributed by atoms with Crippen LogP contribution >= 0.6 is 0 Å². The Hall–Kier alpha value is -0.795. The van der Waals surface area contributed by atoms with E-state index in [1.54, 1.807) is 0 Å². The number of benzene rings is 1. The summed E-state index contributed by atoms with van der Waals surface area (Å²) in [5, 5.41) is 18.9. The highest BCUT2D eigenvalue weighted by molar-refractivity contribution is 6.59. The van der Waals surface area contributed by atoms with Crippen LogP contribution in [0.2, 0.25) is 0 Å². The molecular weight excluding hydrogens is 223 g/mol. The third-order valence-corrected chi connectivity index (χ3v) is 4.26. The standard InChI is InChI=1S/C15H23BO2/c1-2-5-12-8-10-13(11-9-12)14-6-3-4-7-15(14)16(17)18/h3-4,6-7,12-13,17-18H,2,5,8-11H2,1H3. The third kappa shape index (κ3) is 3.15. The van der Waals surface area contributed by atoms with E-state index in [9.17, 15) is 10.0 Å². The van der Waals surface area contributed by atoms with E-state index in [-0.39, 0.29) is 0 Å². The fourth-order valence-electron chi connectivity index (χ4n) is 3.29. The maximum atomic E-state index is 9.43. The van der Waals surface area contributed by atoms with Gasteiger partial charge < -0.3 is 10.0 Å². The second-order valence-corrected chi connectivity index (χ2v) is 5.51. The number of hydrogen-bond acceptors (Lipinski definition) is 2. The van der Waals surface area contributed by atoms with Crippen LogP contribution in [0.15, 0.2) is 24.3 Å². The fourth-order valence-corrected chi connectivity index (χ4v) is 3.29. The minimum atomic E-state index is -1.34. The van der Waals surface area contributed by atoms with Crippen molar-refractivity contribution in [1.82, 2.24) is 0 Å². The van der Waals surface area contributed by atoms with Crippen molar-refractivity contribution in [3.05, 3.63) is 29.8 Å². The Morgan fingerprint density at radius 1 is 1.11 bits per heavy atom. The largest absolute Gasteiger partial charge is 0.488 e. The van der Waals surface area contributed by atoms with E-state index in [1.165, 1.54) is 38.5 Å². The summed E-state index contributed by atoms with van der Waals surface area (Å²) in [6.07, 6.45) is 7.57. The predicted molar refractivity (Wildman–Crippen MR) is 75.9 cm³/mol. The first-order valence-electron chi connectivity index (χ1n) is 7.17. The minimum Gasteiger partial charge on any atom is -0.423 e. The summed E-state index contributed by atoms with van der Waals surface area (Å²) in [5.41, 5.74) is 1.83. The first-order valence-corrected chi connectivity index (χ1v) is 7.17. The van der Waals surface area contributed by atoms with Crippen LogP contribution in [-0.4, -0.2) is 17.2 Å². The van der Waals surface area contributed by atoms with E-state index >= 15 is 0 Å². The van der Waals surface area contributed by atoms with Gasteiger partial charge in [0.1, 0.15) is 0 Å². The summed E-state index contributed by atoms with van der Waals surface area (Å²) < 4.78 is 0. The van der Waals surface area contributed by atoms with Gasteiger partial charge in [0, 0.05) is 0 Å². The Morgan fingerprint density at radius 2 is 1.78 bits per heavy atom. The topological polar surface area (TPSA) is 40.5 Å². The van der Waals surface area contributed by atoms with Crippen molar-refractivity contribution in [3.8, 4) is 0 Å². The highest BCUT2D eigenvalue weighted by Crippen LogP contribution is 2.36. The lowest BCUT2D eigenvalue weighted by Crippen LogP contribution is -2.34. The number of rotatable bonds is 4. The molecule has 0 aliphatic heterocycles. The van der Waals surface area contributed by atoms with Crippen molar-refractivity contribution in [2.45, 2.75) is 51.4 Å². The molecule has 0 unspecified atom stereocenters. The van der Waals surface area contributed by atoms with Crippen LogP contribution < -0.4 is 5.46 Å². The van der Waals surface area contributed by atoms with Crippen molar-refractivity contribution >= 4 is 12.6 Å². The predicted octanol–water partition coefficient (Wildman–Crippen LogP) is 2.44. The molecule has 1 aromatic carbocycles. The summed E-state index contributed by atoms with van der Waals surface area (Å²) in [6, 6.07) is 7.76. The van der Waals surface area contributed by atoms with Crippen LogP contribution in [0, 0.1) is 5.92 Å². The summed E-state index contributed by atoms with van der Waals surface area (Å²) in [7, 11) is -1.34. The molecule has 2 rings (SSSR count). The van der Waals surface area contributed by atoms with Gasteiger partial charge in [0.25, 0.3) is 0 Å². The molecule has 0 aromatic heterocycles. The molecule has 3 heteroatoms. The molecule has 1 fully saturated rings. The van der Waals surface area contributed by atoms with Crippen LogP contribution in [0.3, 0.4) is 0 Å². The summed E-state index contributed by atoms with van der Waals surface area (Å²) >= 11 is 0. The SMILES string of the molecule is CCCC1CCC(c2ccccc2B(O)O)CC1. The Bertz CT molecular complexity index is 371. The molecule has 0 heterocycles. The van der Waals surface area contributed by atoms with Crippen LogP contribution in [-0.2, 0) is 0 Å². The molecule has 18 heavy (non-hydrogen) atoms. The molecule has 0 radical (unpaired) electrons. The van der Waals surface area contributed by atoms with Crippen molar-refractivity contribution in [1.29, 1.82) is 0 Å². The second-order valence-electron chi connectivity index (χ2n) is 5.51. The van der Waals surface area contributed by atoms with E-state index in [2.05, 4.69) is 13.0 Å². The van der Waals surface area contributed by atoms with E-state index < -0.39 is 7.12 Å². The van der Waals surface area contributed by atoms with Gasteiger partial charge >= 0.3 is 7.12 Å². The molecular formula is C15H23BO2. The lowest BCUT2D eigenvalue weighted by molar-refractivity contribution is 0.308. The van der Waals surface area contributed by atoms with Crippen molar-refractivity contribution in [2.75, 3.05) is 0 Å². The van der Waals surface area contributed by atoms with E-state index in [1.807, 2.05) is 18.2 Å². The fraction of sp³-hybridized carbons (Fsp3) is 0.600. The van der Waals surface area contributed by atoms with Gasteiger partial charge in [0.2, 0.25) is 0 Å². The maximum Gasteiger partial charge on any atom is 0.488 e. The van der Waals surface area contributed by atoms with Gasteiger partial charge in [-0.25, -0.2) is 0 Å². The Balaban J connectivity index is 2.05. The molecule has 1 saturated carbocycles. The Labute approximate surface area is 110 Å². The summed E-state index contributed by atoms with van der Waals surface area (Å²) in [5.74, 6) is 1.40. The van der Waals surface area contributed by atoms with Crippen molar-refractivity contribution < 1.29 is 10.0 Å². The normalized spacial score (nSPS) is 23.9. The highest BCUT2D eigenvalue weighted by Gasteiger charge is 2.26. The van der Waals surface area contributed by atoms with E-state index in [4.69, 9.17) is 0 Å². The van der Waals surface area contributed by atoms with Gasteiger partial charge in [0.05, 0.1) is 0 Å². The Kier molecular flexibility index (Phi) is 4.84. The molecule has 1 aliphatic rings. The zero-order chi connectivity index (χ0) is 13.0. The zero-order valence-electron chi connectivity index (χ0n) is 11.2. The van der Waals surface area contributed by atoms with Crippen LogP contribution in [0.4, 0.5) is 0 Å². The van der Waals surface area contributed by atoms with Gasteiger partial charge in [-0.1, -0.05) is 44.0 Å². The van der Waals surface area contributed by atoms with Crippen LogP contribution in [0.5, 0.6) is 0 Å². The summed E-state index contributed by atoms with van der Waals surface area (Å²) in [4.78, 5) is 0. The van der Waals surface area contributed by atoms with Crippen molar-refractivity contribution in [3.63, 3.8) is 0 Å². The molecule has 2 nitrogen and oxygen atoms in total. The van der Waals surface area contributed by atoms with Gasteiger partial charge in [-0.15, -0.1) is 0 Å². The van der Waals surface area contributed by atoms with Gasteiger partial charge in [0.15, 0.2) is 0 Å². The first-order chi connectivity index (χ1) is 8.72. The lowest BCUT2D eigenvalue weighted by Gasteiger charge is -2.29. The Morgan fingerprint density at radius 3 is 2.39 bits per heavy atom. The van der Waals surface area contributed by atoms with Gasteiger partial charge in [-0.3, -0.25) is 0 Å². The van der Waals surface area contributed by atoms with Crippen LogP contribution in [0.1, 0.15) is 56.9 Å². The first kappa shape index (κ1) is 13.6. The highest BCUT2D eigenvalue weighted by atomic mass is 16.4. The van der Waals surface area contributed by atoms with E-state index in [0.717, 1.165) is 11.5 Å². The van der Waals surface area contributed by atoms with Gasteiger partial charge in [-0.05, 0) is 48.5 Å². The molecule has 0 atom stereocenters. The zero-order valence-corrected chi connectivity index (χ0v) is 11.2. The molecule has 0 amide bonds. The second kappa shape index (κ2) is 6.39. The monoisotopic (exact) mass is 246 g/mol. The average Bonchev–Trinajstić information content (AvgIpc) is 2.40. The van der Waals surface area contributed by atoms with Crippen LogP contribution in [0.25, 0.3) is 0 Å². The van der Waals surface area contributed by atoms with Crippen molar-refractivity contribution in [2.24, 2.45) is 5.92 Å². The minimum absolute atomic E-state index is 0.510. The molecule has 1 aliphatic carbocycles. The van der Waals surface area contributed by atoms with E-state index in [0.29, 0.717) is 11.4 Å².